The van der Waals surface area contributed by atoms with E-state index in [1.807, 2.05) is 0 Å². The van der Waals surface area contributed by atoms with Crippen LogP contribution in [0.25, 0.3) is 0 Å². The first-order chi connectivity index (χ1) is 10.5. The lowest BCUT2D eigenvalue weighted by Crippen LogP contribution is -2.49. The SMILES string of the molecule is CCOC(=O)N1CCC(N(CCC(=O)OC)C(=O)CC)CC1. The first-order valence-corrected chi connectivity index (χ1v) is 7.81. The molecule has 0 radical (unpaired) electrons. The summed E-state index contributed by atoms with van der Waals surface area (Å²) in [6, 6.07) is 0.0581. The van der Waals surface area contributed by atoms with Crippen molar-refractivity contribution in [3.8, 4) is 0 Å². The van der Waals surface area contributed by atoms with Gasteiger partial charge in [-0.3, -0.25) is 9.59 Å². The van der Waals surface area contributed by atoms with Gasteiger partial charge in [0, 0.05) is 32.1 Å². The summed E-state index contributed by atoms with van der Waals surface area (Å²) < 4.78 is 9.61. The van der Waals surface area contributed by atoms with E-state index < -0.39 is 0 Å². The van der Waals surface area contributed by atoms with Crippen LogP contribution in [0.2, 0.25) is 0 Å². The molecule has 0 aromatic carbocycles. The highest BCUT2D eigenvalue weighted by Crippen LogP contribution is 2.18. The monoisotopic (exact) mass is 314 g/mol. The molecule has 0 N–H and O–H groups in total. The fourth-order valence-electron chi connectivity index (χ4n) is 2.60. The molecule has 1 aliphatic heterocycles. The third-order valence-electron chi connectivity index (χ3n) is 3.84. The van der Waals surface area contributed by atoms with Crippen LogP contribution in [0.4, 0.5) is 4.79 Å². The van der Waals surface area contributed by atoms with Gasteiger partial charge in [0.2, 0.25) is 5.91 Å². The average Bonchev–Trinajstić information content (AvgIpc) is 2.55. The van der Waals surface area contributed by atoms with Crippen molar-refractivity contribution in [3.05, 3.63) is 0 Å². The predicted molar refractivity (Wildman–Crippen MR) is 80.3 cm³/mol. The maximum Gasteiger partial charge on any atom is 0.409 e. The summed E-state index contributed by atoms with van der Waals surface area (Å²) >= 11 is 0. The van der Waals surface area contributed by atoms with Gasteiger partial charge in [0.1, 0.15) is 0 Å². The van der Waals surface area contributed by atoms with Gasteiger partial charge >= 0.3 is 12.1 Å². The van der Waals surface area contributed by atoms with Crippen LogP contribution in [0.15, 0.2) is 0 Å². The van der Waals surface area contributed by atoms with Gasteiger partial charge in [0.25, 0.3) is 0 Å². The fraction of sp³-hybridized carbons (Fsp3) is 0.800. The number of esters is 1. The quantitative estimate of drug-likeness (QED) is 0.693. The number of rotatable bonds is 6. The molecule has 1 fully saturated rings. The fourth-order valence-corrected chi connectivity index (χ4v) is 2.60. The average molecular weight is 314 g/mol. The molecule has 0 saturated carbocycles. The van der Waals surface area contributed by atoms with E-state index in [2.05, 4.69) is 4.74 Å². The first-order valence-electron chi connectivity index (χ1n) is 7.81. The normalized spacial score (nSPS) is 15.3. The summed E-state index contributed by atoms with van der Waals surface area (Å²) in [6.07, 6.45) is 1.70. The van der Waals surface area contributed by atoms with E-state index in [0.717, 1.165) is 0 Å². The number of likely N-dealkylation sites (tertiary alicyclic amines) is 1. The van der Waals surface area contributed by atoms with Gasteiger partial charge < -0.3 is 19.3 Å². The number of amides is 2. The number of nitrogens with zero attached hydrogens (tertiary/aromatic N) is 2. The van der Waals surface area contributed by atoms with Crippen LogP contribution >= 0.6 is 0 Å². The Kier molecular flexibility index (Phi) is 7.70. The zero-order chi connectivity index (χ0) is 16.5. The van der Waals surface area contributed by atoms with Crippen LogP contribution < -0.4 is 0 Å². The van der Waals surface area contributed by atoms with Crippen molar-refractivity contribution in [2.45, 2.75) is 45.6 Å². The summed E-state index contributed by atoms with van der Waals surface area (Å²) in [6.45, 7) is 5.44. The Labute approximate surface area is 131 Å². The molecule has 0 aliphatic carbocycles. The van der Waals surface area contributed by atoms with E-state index in [4.69, 9.17) is 4.74 Å². The minimum atomic E-state index is -0.321. The molecule has 2 amide bonds. The van der Waals surface area contributed by atoms with Crippen LogP contribution in [0.1, 0.15) is 39.5 Å². The summed E-state index contributed by atoms with van der Waals surface area (Å²) in [7, 11) is 1.34. The molecule has 0 bridgehead atoms. The van der Waals surface area contributed by atoms with Gasteiger partial charge in [0.05, 0.1) is 20.1 Å². The second kappa shape index (κ2) is 9.27. The molecule has 22 heavy (non-hydrogen) atoms. The Balaban J connectivity index is 2.56. The van der Waals surface area contributed by atoms with E-state index >= 15 is 0 Å². The van der Waals surface area contributed by atoms with Gasteiger partial charge in [-0.2, -0.15) is 0 Å². The number of carbonyl (C=O) groups excluding carboxylic acids is 3. The molecule has 1 heterocycles. The zero-order valence-corrected chi connectivity index (χ0v) is 13.7. The number of piperidine rings is 1. The number of carbonyl (C=O) groups is 3. The van der Waals surface area contributed by atoms with E-state index in [1.165, 1.54) is 7.11 Å². The molecule has 0 aromatic rings. The van der Waals surface area contributed by atoms with Gasteiger partial charge in [-0.15, -0.1) is 0 Å². The molecule has 0 unspecified atom stereocenters. The third-order valence-corrected chi connectivity index (χ3v) is 3.84. The third kappa shape index (κ3) is 5.20. The number of hydrogen-bond donors (Lipinski definition) is 0. The largest absolute Gasteiger partial charge is 0.469 e. The molecule has 0 spiro atoms. The second-order valence-electron chi connectivity index (χ2n) is 5.18. The van der Waals surface area contributed by atoms with Gasteiger partial charge in [-0.1, -0.05) is 6.92 Å². The summed E-state index contributed by atoms with van der Waals surface area (Å²) in [4.78, 5) is 38.5. The molecule has 7 heteroatoms. The Hall–Kier alpha value is -1.79. The smallest absolute Gasteiger partial charge is 0.409 e. The molecule has 1 saturated heterocycles. The maximum absolute atomic E-state index is 12.1. The number of hydrogen-bond acceptors (Lipinski definition) is 5. The van der Waals surface area contributed by atoms with Crippen molar-refractivity contribution < 1.29 is 23.9 Å². The van der Waals surface area contributed by atoms with E-state index in [1.54, 1.807) is 23.6 Å². The minimum absolute atomic E-state index is 0.0264. The molecule has 1 rings (SSSR count). The highest BCUT2D eigenvalue weighted by atomic mass is 16.6. The summed E-state index contributed by atoms with van der Waals surface area (Å²) in [5.41, 5.74) is 0. The van der Waals surface area contributed by atoms with Crippen LogP contribution in [0, 0.1) is 0 Å². The van der Waals surface area contributed by atoms with Crippen molar-refractivity contribution in [3.63, 3.8) is 0 Å². The van der Waals surface area contributed by atoms with Crippen molar-refractivity contribution in [1.29, 1.82) is 0 Å². The van der Waals surface area contributed by atoms with Gasteiger partial charge in [-0.25, -0.2) is 4.79 Å². The van der Waals surface area contributed by atoms with E-state index in [9.17, 15) is 14.4 Å². The van der Waals surface area contributed by atoms with E-state index in [-0.39, 0.29) is 30.4 Å². The predicted octanol–water partition coefficient (Wildman–Crippen LogP) is 1.41. The molecule has 0 atom stereocenters. The lowest BCUT2D eigenvalue weighted by Gasteiger charge is -2.38. The maximum atomic E-state index is 12.1. The van der Waals surface area contributed by atoms with Crippen LogP contribution in [-0.2, 0) is 19.1 Å². The Morgan fingerprint density at radius 3 is 2.32 bits per heavy atom. The topological polar surface area (TPSA) is 76.2 Å². The Bertz CT molecular complexity index is 391. The number of methoxy groups -OCH3 is 1. The van der Waals surface area contributed by atoms with Gasteiger partial charge in [0.15, 0.2) is 0 Å². The molecule has 126 valence electrons. The highest BCUT2D eigenvalue weighted by Gasteiger charge is 2.29. The Morgan fingerprint density at radius 1 is 1.18 bits per heavy atom. The standard InChI is InChI=1S/C15H26N2O5/c1-4-13(18)17(11-8-14(19)21-3)12-6-9-16(10-7-12)15(20)22-5-2/h12H,4-11H2,1-3H3. The summed E-state index contributed by atoms with van der Waals surface area (Å²) in [5.74, 6) is -0.295. The lowest BCUT2D eigenvalue weighted by atomic mass is 10.0. The van der Waals surface area contributed by atoms with Crippen LogP contribution in [-0.4, -0.2) is 67.2 Å². The minimum Gasteiger partial charge on any atom is -0.469 e. The molecular formula is C15H26N2O5. The zero-order valence-electron chi connectivity index (χ0n) is 13.7. The van der Waals surface area contributed by atoms with Crippen molar-refractivity contribution >= 4 is 18.0 Å². The second-order valence-corrected chi connectivity index (χ2v) is 5.18. The van der Waals surface area contributed by atoms with Crippen molar-refractivity contribution in [1.82, 2.24) is 9.80 Å². The first kappa shape index (κ1) is 18.3. The number of ether oxygens (including phenoxy) is 2. The molecular weight excluding hydrogens is 288 g/mol. The Morgan fingerprint density at radius 2 is 1.82 bits per heavy atom. The van der Waals surface area contributed by atoms with E-state index in [0.29, 0.717) is 45.5 Å². The molecule has 1 aliphatic rings. The molecule has 7 nitrogen and oxygen atoms in total. The van der Waals surface area contributed by atoms with Crippen LogP contribution in [0.3, 0.4) is 0 Å². The highest BCUT2D eigenvalue weighted by molar-refractivity contribution is 5.77. The van der Waals surface area contributed by atoms with Crippen molar-refractivity contribution in [2.24, 2.45) is 0 Å². The van der Waals surface area contributed by atoms with Crippen molar-refractivity contribution in [2.75, 3.05) is 33.4 Å². The summed E-state index contributed by atoms with van der Waals surface area (Å²) in [5, 5.41) is 0. The lowest BCUT2D eigenvalue weighted by molar-refractivity contribution is -0.142. The van der Waals surface area contributed by atoms with Gasteiger partial charge in [-0.05, 0) is 19.8 Å². The van der Waals surface area contributed by atoms with Crippen LogP contribution in [0.5, 0.6) is 0 Å². The molecule has 0 aromatic heterocycles.